The molecule has 128 valence electrons. The zero-order chi connectivity index (χ0) is 16.5. The van der Waals surface area contributed by atoms with Crippen LogP contribution in [0.1, 0.15) is 31.2 Å². The highest BCUT2D eigenvalue weighted by atomic mass is 16.5. The molecular formula is C18H29N3O2. The Morgan fingerprint density at radius 1 is 1.30 bits per heavy atom. The van der Waals surface area contributed by atoms with Crippen molar-refractivity contribution in [3.63, 3.8) is 0 Å². The Kier molecular flexibility index (Phi) is 7.36. The lowest BCUT2D eigenvalue weighted by atomic mass is 10.0. The van der Waals surface area contributed by atoms with E-state index in [0.29, 0.717) is 6.54 Å². The SMILES string of the molecule is CN(C)CCCOc1ccc(CNC(=O)[C@H]2CCCCN2)cc1. The molecule has 5 heteroatoms. The first-order chi connectivity index (χ1) is 11.1. The topological polar surface area (TPSA) is 53.6 Å². The normalized spacial score (nSPS) is 18.0. The average molecular weight is 319 g/mol. The number of nitrogens with zero attached hydrogens (tertiary/aromatic N) is 1. The molecule has 0 aromatic heterocycles. The Labute approximate surface area is 139 Å². The summed E-state index contributed by atoms with van der Waals surface area (Å²) in [6, 6.07) is 7.93. The summed E-state index contributed by atoms with van der Waals surface area (Å²) in [5.41, 5.74) is 1.09. The van der Waals surface area contributed by atoms with Crippen LogP contribution in [0.15, 0.2) is 24.3 Å². The summed E-state index contributed by atoms with van der Waals surface area (Å²) in [7, 11) is 4.12. The number of hydrogen-bond acceptors (Lipinski definition) is 4. The van der Waals surface area contributed by atoms with Gasteiger partial charge in [-0.05, 0) is 57.6 Å². The minimum Gasteiger partial charge on any atom is -0.494 e. The van der Waals surface area contributed by atoms with Gasteiger partial charge in [0.25, 0.3) is 0 Å². The number of piperidine rings is 1. The van der Waals surface area contributed by atoms with E-state index in [-0.39, 0.29) is 11.9 Å². The van der Waals surface area contributed by atoms with Gasteiger partial charge >= 0.3 is 0 Å². The monoisotopic (exact) mass is 319 g/mol. The fourth-order valence-corrected chi connectivity index (χ4v) is 2.66. The molecule has 1 atom stereocenters. The van der Waals surface area contributed by atoms with Crippen LogP contribution in [0.4, 0.5) is 0 Å². The predicted molar refractivity (Wildman–Crippen MR) is 92.6 cm³/mol. The second-order valence-corrected chi connectivity index (χ2v) is 6.37. The van der Waals surface area contributed by atoms with Crippen LogP contribution in [-0.4, -0.2) is 50.6 Å². The van der Waals surface area contributed by atoms with Crippen molar-refractivity contribution in [2.75, 3.05) is 33.8 Å². The summed E-state index contributed by atoms with van der Waals surface area (Å²) in [5, 5.41) is 6.27. The molecule has 23 heavy (non-hydrogen) atoms. The van der Waals surface area contributed by atoms with E-state index in [1.54, 1.807) is 0 Å². The van der Waals surface area contributed by atoms with Crippen LogP contribution in [-0.2, 0) is 11.3 Å². The van der Waals surface area contributed by atoms with Crippen molar-refractivity contribution in [1.82, 2.24) is 15.5 Å². The van der Waals surface area contributed by atoms with Gasteiger partial charge in [0, 0.05) is 13.1 Å². The van der Waals surface area contributed by atoms with Crippen LogP contribution in [0.5, 0.6) is 5.75 Å². The van der Waals surface area contributed by atoms with Crippen molar-refractivity contribution in [3.05, 3.63) is 29.8 Å². The molecule has 0 spiro atoms. The van der Waals surface area contributed by atoms with Gasteiger partial charge < -0.3 is 20.3 Å². The number of nitrogens with one attached hydrogen (secondary N) is 2. The number of amides is 1. The summed E-state index contributed by atoms with van der Waals surface area (Å²) in [4.78, 5) is 14.2. The molecule has 2 N–H and O–H groups in total. The van der Waals surface area contributed by atoms with Gasteiger partial charge in [0.15, 0.2) is 0 Å². The fraction of sp³-hybridized carbons (Fsp3) is 0.611. The maximum absolute atomic E-state index is 12.1. The first kappa shape index (κ1) is 17.8. The number of ether oxygens (including phenoxy) is 1. The number of carbonyl (C=O) groups is 1. The number of hydrogen-bond donors (Lipinski definition) is 2. The van der Waals surface area contributed by atoms with Crippen molar-refractivity contribution in [1.29, 1.82) is 0 Å². The average Bonchev–Trinajstić information content (AvgIpc) is 2.58. The Morgan fingerprint density at radius 2 is 2.09 bits per heavy atom. The van der Waals surface area contributed by atoms with Gasteiger partial charge in [-0.1, -0.05) is 18.6 Å². The Morgan fingerprint density at radius 3 is 2.74 bits per heavy atom. The lowest BCUT2D eigenvalue weighted by Gasteiger charge is -2.22. The molecule has 1 heterocycles. The summed E-state index contributed by atoms with van der Waals surface area (Å²) in [5.74, 6) is 0.987. The minimum atomic E-state index is -0.0250. The van der Waals surface area contributed by atoms with Gasteiger partial charge in [-0.15, -0.1) is 0 Å². The summed E-state index contributed by atoms with van der Waals surface area (Å²) in [6.07, 6.45) is 4.25. The largest absolute Gasteiger partial charge is 0.494 e. The smallest absolute Gasteiger partial charge is 0.237 e. The lowest BCUT2D eigenvalue weighted by Crippen LogP contribution is -2.46. The Bertz CT molecular complexity index is 468. The van der Waals surface area contributed by atoms with Gasteiger partial charge in [0.2, 0.25) is 5.91 Å². The molecule has 2 rings (SSSR count). The van der Waals surface area contributed by atoms with Crippen molar-refractivity contribution in [2.24, 2.45) is 0 Å². The zero-order valence-electron chi connectivity index (χ0n) is 14.3. The van der Waals surface area contributed by atoms with E-state index >= 15 is 0 Å². The highest BCUT2D eigenvalue weighted by molar-refractivity contribution is 5.81. The predicted octanol–water partition coefficient (Wildman–Crippen LogP) is 1.78. The summed E-state index contributed by atoms with van der Waals surface area (Å²) >= 11 is 0. The molecule has 1 fully saturated rings. The van der Waals surface area contributed by atoms with Crippen LogP contribution < -0.4 is 15.4 Å². The summed E-state index contributed by atoms with van der Waals surface area (Å²) in [6.45, 7) is 3.26. The Balaban J connectivity index is 1.68. The molecule has 1 aliphatic heterocycles. The van der Waals surface area contributed by atoms with Crippen molar-refractivity contribution in [2.45, 2.75) is 38.3 Å². The number of rotatable bonds is 8. The number of carbonyl (C=O) groups excluding carboxylic acids is 1. The molecule has 0 saturated carbocycles. The molecule has 1 aromatic carbocycles. The second kappa shape index (κ2) is 9.53. The van der Waals surface area contributed by atoms with Crippen LogP contribution >= 0.6 is 0 Å². The van der Waals surface area contributed by atoms with Gasteiger partial charge in [0.05, 0.1) is 12.6 Å². The third-order valence-corrected chi connectivity index (χ3v) is 4.04. The first-order valence-corrected chi connectivity index (χ1v) is 8.53. The van der Waals surface area contributed by atoms with Crippen molar-refractivity contribution in [3.8, 4) is 5.75 Å². The molecule has 0 unspecified atom stereocenters. The highest BCUT2D eigenvalue weighted by Gasteiger charge is 2.19. The molecule has 1 aromatic rings. The molecule has 0 bridgehead atoms. The van der Waals surface area contributed by atoms with E-state index in [1.165, 1.54) is 6.42 Å². The summed E-state index contributed by atoms with van der Waals surface area (Å²) < 4.78 is 5.71. The molecule has 1 amide bonds. The standard InChI is InChI=1S/C18H29N3O2/c1-21(2)12-5-13-23-16-9-7-15(8-10-16)14-20-18(22)17-6-3-4-11-19-17/h7-10,17,19H,3-6,11-14H2,1-2H3,(H,20,22)/t17-/m1/s1. The molecule has 1 aliphatic rings. The van der Waals surface area contributed by atoms with E-state index in [2.05, 4.69) is 29.6 Å². The molecular weight excluding hydrogens is 290 g/mol. The maximum atomic E-state index is 12.1. The number of benzene rings is 1. The molecule has 0 radical (unpaired) electrons. The van der Waals surface area contributed by atoms with Crippen LogP contribution in [0.25, 0.3) is 0 Å². The highest BCUT2D eigenvalue weighted by Crippen LogP contribution is 2.13. The van der Waals surface area contributed by atoms with Gasteiger partial charge in [-0.25, -0.2) is 0 Å². The third-order valence-electron chi connectivity index (χ3n) is 4.04. The minimum absolute atomic E-state index is 0.0250. The van der Waals surface area contributed by atoms with Crippen molar-refractivity contribution < 1.29 is 9.53 Å². The van der Waals surface area contributed by atoms with Crippen LogP contribution in [0, 0.1) is 0 Å². The van der Waals surface area contributed by atoms with E-state index in [4.69, 9.17) is 4.74 Å². The van der Waals surface area contributed by atoms with Gasteiger partial charge in [-0.2, -0.15) is 0 Å². The van der Waals surface area contributed by atoms with Gasteiger partial charge in [-0.3, -0.25) is 4.79 Å². The second-order valence-electron chi connectivity index (χ2n) is 6.37. The first-order valence-electron chi connectivity index (χ1n) is 8.53. The van der Waals surface area contributed by atoms with Crippen LogP contribution in [0.3, 0.4) is 0 Å². The quantitative estimate of drug-likeness (QED) is 0.717. The van der Waals surface area contributed by atoms with Crippen LogP contribution in [0.2, 0.25) is 0 Å². The maximum Gasteiger partial charge on any atom is 0.237 e. The van der Waals surface area contributed by atoms with E-state index in [9.17, 15) is 4.79 Å². The van der Waals surface area contributed by atoms with E-state index in [0.717, 1.165) is 50.3 Å². The molecule has 1 saturated heterocycles. The van der Waals surface area contributed by atoms with E-state index in [1.807, 2.05) is 24.3 Å². The third kappa shape index (κ3) is 6.59. The molecule has 5 nitrogen and oxygen atoms in total. The zero-order valence-corrected chi connectivity index (χ0v) is 14.3. The van der Waals surface area contributed by atoms with Gasteiger partial charge in [0.1, 0.15) is 5.75 Å². The fourth-order valence-electron chi connectivity index (χ4n) is 2.66. The Hall–Kier alpha value is -1.59. The molecule has 0 aliphatic carbocycles. The van der Waals surface area contributed by atoms with E-state index < -0.39 is 0 Å². The lowest BCUT2D eigenvalue weighted by molar-refractivity contribution is -0.123. The van der Waals surface area contributed by atoms with Crippen molar-refractivity contribution >= 4 is 5.91 Å².